The minimum absolute atomic E-state index is 0.00258. The van der Waals surface area contributed by atoms with E-state index in [-0.39, 0.29) is 24.0 Å². The summed E-state index contributed by atoms with van der Waals surface area (Å²) in [6.07, 6.45) is 1.37. The van der Waals surface area contributed by atoms with Gasteiger partial charge in [0.25, 0.3) is 0 Å². The standard InChI is InChI=1S/C31H32N4O3/c1-34(28-21-27(32-33-28)25-13-7-3-8-14-25)29(36)22-31(26-15-9-4-10-16-26)17-19-35(20-18-31)30(37)38-23-24-11-5-2-6-12-24/h2-16,21H,17-20,22-23H2,1H3,(H,32,33). The van der Waals surface area contributed by atoms with Gasteiger partial charge in [-0.05, 0) is 24.0 Å². The zero-order valence-electron chi connectivity index (χ0n) is 21.5. The van der Waals surface area contributed by atoms with Gasteiger partial charge >= 0.3 is 6.09 Å². The summed E-state index contributed by atoms with van der Waals surface area (Å²) in [5.41, 5.74) is 3.49. The van der Waals surface area contributed by atoms with Crippen LogP contribution in [0.4, 0.5) is 10.6 Å². The van der Waals surface area contributed by atoms with Gasteiger partial charge in [0.2, 0.25) is 5.91 Å². The van der Waals surface area contributed by atoms with Crippen molar-refractivity contribution in [2.45, 2.75) is 31.3 Å². The molecule has 0 radical (unpaired) electrons. The average Bonchev–Trinajstić information content (AvgIpc) is 3.48. The van der Waals surface area contributed by atoms with Gasteiger partial charge in [0.15, 0.2) is 0 Å². The number of rotatable bonds is 7. The van der Waals surface area contributed by atoms with Gasteiger partial charge in [-0.15, -0.1) is 0 Å². The van der Waals surface area contributed by atoms with Gasteiger partial charge in [-0.1, -0.05) is 91.0 Å². The Labute approximate surface area is 223 Å². The maximum Gasteiger partial charge on any atom is 0.410 e. The van der Waals surface area contributed by atoms with Gasteiger partial charge in [0, 0.05) is 43.6 Å². The Morgan fingerprint density at radius 3 is 2.18 bits per heavy atom. The van der Waals surface area contributed by atoms with Crippen LogP contribution in [0.3, 0.4) is 0 Å². The van der Waals surface area contributed by atoms with Crippen molar-refractivity contribution >= 4 is 17.8 Å². The molecule has 0 saturated carbocycles. The van der Waals surface area contributed by atoms with E-state index in [4.69, 9.17) is 4.74 Å². The first-order valence-electron chi connectivity index (χ1n) is 12.9. The van der Waals surface area contributed by atoms with Crippen molar-refractivity contribution in [2.24, 2.45) is 0 Å². The minimum Gasteiger partial charge on any atom is -0.445 e. The fraction of sp³-hybridized carbons (Fsp3) is 0.258. The second-order valence-electron chi connectivity index (χ2n) is 9.81. The number of piperidine rings is 1. The molecule has 7 heteroatoms. The van der Waals surface area contributed by atoms with Crippen molar-refractivity contribution in [2.75, 3.05) is 25.0 Å². The summed E-state index contributed by atoms with van der Waals surface area (Å²) < 4.78 is 5.56. The van der Waals surface area contributed by atoms with Crippen LogP contribution < -0.4 is 4.90 Å². The van der Waals surface area contributed by atoms with Crippen molar-refractivity contribution in [3.63, 3.8) is 0 Å². The first kappa shape index (κ1) is 25.3. The van der Waals surface area contributed by atoms with Crippen LogP contribution in [0.5, 0.6) is 0 Å². The van der Waals surface area contributed by atoms with Crippen LogP contribution in [0.2, 0.25) is 0 Å². The van der Waals surface area contributed by atoms with Crippen molar-refractivity contribution in [3.8, 4) is 11.3 Å². The Bertz CT molecular complexity index is 1350. The molecule has 2 amide bonds. The number of anilines is 1. The quantitative estimate of drug-likeness (QED) is 0.342. The molecule has 5 rings (SSSR count). The molecule has 38 heavy (non-hydrogen) atoms. The van der Waals surface area contributed by atoms with Gasteiger partial charge in [0.1, 0.15) is 12.4 Å². The summed E-state index contributed by atoms with van der Waals surface area (Å²) >= 11 is 0. The topological polar surface area (TPSA) is 78.5 Å². The van der Waals surface area contributed by atoms with E-state index in [1.807, 2.05) is 84.9 Å². The molecule has 1 aliphatic heterocycles. The Morgan fingerprint density at radius 1 is 0.921 bits per heavy atom. The van der Waals surface area contributed by atoms with E-state index >= 15 is 0 Å². The number of benzene rings is 3. The maximum absolute atomic E-state index is 13.6. The Balaban J connectivity index is 1.27. The number of nitrogens with zero attached hydrogens (tertiary/aromatic N) is 3. The van der Waals surface area contributed by atoms with Crippen molar-refractivity contribution < 1.29 is 14.3 Å². The lowest BCUT2D eigenvalue weighted by Crippen LogP contribution is -2.47. The van der Waals surface area contributed by atoms with Gasteiger partial charge in [0.05, 0.1) is 5.69 Å². The first-order chi connectivity index (χ1) is 18.5. The zero-order valence-corrected chi connectivity index (χ0v) is 21.5. The fourth-order valence-corrected chi connectivity index (χ4v) is 5.07. The Hall–Kier alpha value is -4.39. The number of aromatic nitrogens is 2. The van der Waals surface area contributed by atoms with E-state index in [0.29, 0.717) is 38.2 Å². The third kappa shape index (κ3) is 5.62. The van der Waals surface area contributed by atoms with Crippen LogP contribution >= 0.6 is 0 Å². The number of hydrogen-bond acceptors (Lipinski definition) is 4. The van der Waals surface area contributed by atoms with E-state index in [1.54, 1.807) is 16.8 Å². The van der Waals surface area contributed by atoms with E-state index in [9.17, 15) is 9.59 Å². The van der Waals surface area contributed by atoms with Crippen molar-refractivity contribution in [3.05, 3.63) is 108 Å². The second kappa shape index (κ2) is 11.3. The van der Waals surface area contributed by atoms with Crippen LogP contribution in [0, 0.1) is 0 Å². The molecule has 4 aromatic rings. The summed E-state index contributed by atoms with van der Waals surface area (Å²) in [6, 6.07) is 31.6. The van der Waals surface area contributed by atoms with Crippen LogP contribution in [-0.2, 0) is 21.6 Å². The van der Waals surface area contributed by atoms with Crippen molar-refractivity contribution in [1.29, 1.82) is 0 Å². The predicted octanol–water partition coefficient (Wildman–Crippen LogP) is 5.80. The van der Waals surface area contributed by atoms with Gasteiger partial charge < -0.3 is 14.5 Å². The third-order valence-corrected chi connectivity index (χ3v) is 7.43. The van der Waals surface area contributed by atoms with Crippen molar-refractivity contribution in [1.82, 2.24) is 15.1 Å². The van der Waals surface area contributed by atoms with E-state index in [2.05, 4.69) is 22.3 Å². The molecule has 7 nitrogen and oxygen atoms in total. The lowest BCUT2D eigenvalue weighted by atomic mass is 9.70. The largest absolute Gasteiger partial charge is 0.445 e. The number of carbonyl (C=O) groups is 2. The third-order valence-electron chi connectivity index (χ3n) is 7.43. The molecule has 1 saturated heterocycles. The van der Waals surface area contributed by atoms with Crippen LogP contribution in [0.1, 0.15) is 30.4 Å². The van der Waals surface area contributed by atoms with Gasteiger partial charge in [-0.25, -0.2) is 4.79 Å². The average molecular weight is 509 g/mol. The number of ether oxygens (including phenoxy) is 1. The number of aromatic amines is 1. The molecule has 0 spiro atoms. The molecule has 0 bridgehead atoms. The highest BCUT2D eigenvalue weighted by atomic mass is 16.6. The smallest absolute Gasteiger partial charge is 0.410 e. The highest BCUT2D eigenvalue weighted by Gasteiger charge is 2.40. The Kier molecular flexibility index (Phi) is 7.54. The first-order valence-corrected chi connectivity index (χ1v) is 12.9. The molecule has 3 aromatic carbocycles. The van der Waals surface area contributed by atoms with E-state index in [1.165, 1.54) is 0 Å². The summed E-state index contributed by atoms with van der Waals surface area (Å²) in [5.74, 6) is 0.649. The molecule has 194 valence electrons. The molecule has 1 fully saturated rings. The Morgan fingerprint density at radius 2 is 1.53 bits per heavy atom. The van der Waals surface area contributed by atoms with Crippen LogP contribution in [-0.4, -0.2) is 47.2 Å². The maximum atomic E-state index is 13.6. The molecule has 0 atom stereocenters. The lowest BCUT2D eigenvalue weighted by molar-refractivity contribution is -0.120. The highest BCUT2D eigenvalue weighted by molar-refractivity contribution is 5.93. The number of hydrogen-bond donors (Lipinski definition) is 1. The van der Waals surface area contributed by atoms with Crippen LogP contribution in [0.25, 0.3) is 11.3 Å². The molecule has 0 unspecified atom stereocenters. The minimum atomic E-state index is -0.370. The van der Waals surface area contributed by atoms with E-state index < -0.39 is 0 Å². The molecule has 0 aliphatic carbocycles. The monoisotopic (exact) mass is 508 g/mol. The molecule has 1 aliphatic rings. The molecular weight excluding hydrogens is 476 g/mol. The predicted molar refractivity (Wildman–Crippen MR) is 148 cm³/mol. The number of likely N-dealkylation sites (tertiary alicyclic amines) is 1. The fourth-order valence-electron chi connectivity index (χ4n) is 5.07. The van der Waals surface area contributed by atoms with E-state index in [0.717, 1.165) is 22.4 Å². The summed E-state index contributed by atoms with van der Waals surface area (Å²) in [4.78, 5) is 29.7. The normalized spacial score (nSPS) is 14.6. The van der Waals surface area contributed by atoms with Crippen LogP contribution in [0.15, 0.2) is 97.1 Å². The highest BCUT2D eigenvalue weighted by Crippen LogP contribution is 2.39. The summed E-state index contributed by atoms with van der Waals surface area (Å²) in [6.45, 7) is 1.31. The van der Waals surface area contributed by atoms with Gasteiger partial charge in [-0.2, -0.15) is 5.10 Å². The summed E-state index contributed by atoms with van der Waals surface area (Å²) in [7, 11) is 1.78. The molecule has 1 aromatic heterocycles. The van der Waals surface area contributed by atoms with Gasteiger partial charge in [-0.3, -0.25) is 9.89 Å². The zero-order chi connectivity index (χ0) is 26.4. The molecule has 2 heterocycles. The number of H-pyrrole nitrogens is 1. The molecule has 1 N–H and O–H groups in total. The molecular formula is C31H32N4O3. The number of nitrogens with one attached hydrogen (secondary N) is 1. The lowest BCUT2D eigenvalue weighted by Gasteiger charge is -2.42. The number of amides is 2. The summed E-state index contributed by atoms with van der Waals surface area (Å²) in [5, 5.41) is 7.41. The number of carbonyl (C=O) groups excluding carboxylic acids is 2. The second-order valence-corrected chi connectivity index (χ2v) is 9.81. The SMILES string of the molecule is CN(C(=O)CC1(c2ccccc2)CCN(C(=O)OCc2ccccc2)CC1)c1cc(-c2ccccc2)n[nH]1.